The van der Waals surface area contributed by atoms with Crippen molar-refractivity contribution in [2.24, 2.45) is 10.9 Å². The van der Waals surface area contributed by atoms with Gasteiger partial charge in [-0.3, -0.25) is 9.69 Å². The second-order valence-electron chi connectivity index (χ2n) is 8.85. The van der Waals surface area contributed by atoms with Gasteiger partial charge in [-0.2, -0.15) is 0 Å². The van der Waals surface area contributed by atoms with Crippen molar-refractivity contribution >= 4 is 11.8 Å². The molecule has 1 saturated heterocycles. The first-order chi connectivity index (χ1) is 16.1. The van der Waals surface area contributed by atoms with Gasteiger partial charge in [-0.1, -0.05) is 36.3 Å². The van der Waals surface area contributed by atoms with Gasteiger partial charge in [0.15, 0.2) is 5.84 Å². The van der Waals surface area contributed by atoms with E-state index in [1.165, 1.54) is 5.57 Å². The molecule has 0 radical (unpaired) electrons. The molecule has 2 fully saturated rings. The van der Waals surface area contributed by atoms with Gasteiger partial charge in [0.1, 0.15) is 12.4 Å². The summed E-state index contributed by atoms with van der Waals surface area (Å²) in [5.74, 6) is 7.00. The van der Waals surface area contributed by atoms with E-state index in [0.29, 0.717) is 18.5 Å². The maximum Gasteiger partial charge on any atom is 0.306 e. The molecule has 1 unspecified atom stereocenters. The third-order valence-electron chi connectivity index (χ3n) is 6.62. The summed E-state index contributed by atoms with van der Waals surface area (Å²) in [5, 5.41) is 12.6. The molecule has 6 heteroatoms. The third kappa shape index (κ3) is 5.10. The fourth-order valence-electron chi connectivity index (χ4n) is 4.52. The van der Waals surface area contributed by atoms with Crippen LogP contribution in [0.25, 0.3) is 0 Å². The van der Waals surface area contributed by atoms with Crippen molar-refractivity contribution in [3.05, 3.63) is 77.5 Å². The fraction of sp³-hybridized carbons (Fsp3) is 0.333. The van der Waals surface area contributed by atoms with Crippen LogP contribution in [0.3, 0.4) is 0 Å². The zero-order valence-corrected chi connectivity index (χ0v) is 18.4. The van der Waals surface area contributed by atoms with Gasteiger partial charge in [-0.05, 0) is 60.6 Å². The SMILES string of the molecule is O=C(O)C1CC(N2CCC3NC(C#Cc4ccc(OCc5ccccc5)cc4)=NC=C3C2)C1. The molecule has 1 aliphatic carbocycles. The zero-order chi connectivity index (χ0) is 22.6. The molecule has 2 N–H and O–H groups in total. The number of rotatable bonds is 5. The predicted octanol–water partition coefficient (Wildman–Crippen LogP) is 3.44. The molecular weight excluding hydrogens is 414 g/mol. The Labute approximate surface area is 194 Å². The monoisotopic (exact) mass is 441 g/mol. The third-order valence-corrected chi connectivity index (χ3v) is 6.62. The molecule has 5 rings (SSSR count). The number of aliphatic carboxylic acids is 1. The molecule has 2 aromatic carbocycles. The molecule has 2 aromatic rings. The Morgan fingerprint density at radius 1 is 1.12 bits per heavy atom. The largest absolute Gasteiger partial charge is 0.489 e. The molecule has 0 bridgehead atoms. The molecule has 0 amide bonds. The summed E-state index contributed by atoms with van der Waals surface area (Å²) in [5.41, 5.74) is 3.30. The Morgan fingerprint density at radius 3 is 2.67 bits per heavy atom. The number of nitrogens with one attached hydrogen (secondary N) is 1. The summed E-state index contributed by atoms with van der Waals surface area (Å²) in [4.78, 5) is 18.0. The Kier molecular flexibility index (Phi) is 6.14. The van der Waals surface area contributed by atoms with E-state index in [0.717, 1.165) is 49.2 Å². The van der Waals surface area contributed by atoms with Crippen LogP contribution in [0.4, 0.5) is 0 Å². The first-order valence-electron chi connectivity index (χ1n) is 11.4. The van der Waals surface area contributed by atoms with Crippen molar-refractivity contribution in [2.75, 3.05) is 13.1 Å². The number of carbonyl (C=O) groups is 1. The number of piperidine rings is 1. The molecule has 0 aromatic heterocycles. The molecule has 3 aliphatic rings. The van der Waals surface area contributed by atoms with Crippen LogP contribution >= 0.6 is 0 Å². The Hall–Kier alpha value is -3.56. The van der Waals surface area contributed by atoms with Gasteiger partial charge in [0, 0.05) is 30.9 Å². The minimum Gasteiger partial charge on any atom is -0.489 e. The zero-order valence-electron chi connectivity index (χ0n) is 18.4. The van der Waals surface area contributed by atoms with E-state index in [4.69, 9.17) is 9.84 Å². The number of nitrogens with zero attached hydrogens (tertiary/aromatic N) is 2. The van der Waals surface area contributed by atoms with Gasteiger partial charge < -0.3 is 15.2 Å². The van der Waals surface area contributed by atoms with Crippen molar-refractivity contribution < 1.29 is 14.6 Å². The summed E-state index contributed by atoms with van der Waals surface area (Å²) in [7, 11) is 0. The summed E-state index contributed by atoms with van der Waals surface area (Å²) in [6.45, 7) is 2.36. The van der Waals surface area contributed by atoms with Crippen LogP contribution < -0.4 is 10.1 Å². The number of aliphatic imine (C=N–C) groups is 1. The van der Waals surface area contributed by atoms with E-state index in [2.05, 4.69) is 27.0 Å². The lowest BCUT2D eigenvalue weighted by molar-refractivity contribution is -0.147. The van der Waals surface area contributed by atoms with Gasteiger partial charge in [-0.25, -0.2) is 4.99 Å². The minimum absolute atomic E-state index is 0.171. The van der Waals surface area contributed by atoms with Crippen molar-refractivity contribution in [1.29, 1.82) is 0 Å². The topological polar surface area (TPSA) is 74.2 Å². The van der Waals surface area contributed by atoms with Gasteiger partial charge in [0.2, 0.25) is 0 Å². The number of amidine groups is 1. The van der Waals surface area contributed by atoms with Crippen molar-refractivity contribution in [3.8, 4) is 17.6 Å². The number of ether oxygens (including phenoxy) is 1. The number of benzene rings is 2. The highest BCUT2D eigenvalue weighted by Crippen LogP contribution is 2.34. The molecule has 2 heterocycles. The lowest BCUT2D eigenvalue weighted by Crippen LogP contribution is -2.54. The van der Waals surface area contributed by atoms with E-state index in [1.807, 2.05) is 60.8 Å². The van der Waals surface area contributed by atoms with Gasteiger partial charge in [0.05, 0.1) is 12.0 Å². The van der Waals surface area contributed by atoms with E-state index in [1.54, 1.807) is 0 Å². The number of fused-ring (bicyclic) bond motifs is 1. The van der Waals surface area contributed by atoms with E-state index in [-0.39, 0.29) is 12.0 Å². The smallest absolute Gasteiger partial charge is 0.306 e. The number of carboxylic acids is 1. The maximum atomic E-state index is 11.1. The van der Waals surface area contributed by atoms with Gasteiger partial charge in [-0.15, -0.1) is 0 Å². The average Bonchev–Trinajstić information content (AvgIpc) is 2.81. The number of hydrogen-bond acceptors (Lipinski definition) is 5. The Morgan fingerprint density at radius 2 is 1.91 bits per heavy atom. The number of carboxylic acid groups (broad SMARTS) is 1. The lowest BCUT2D eigenvalue weighted by atomic mass is 9.78. The van der Waals surface area contributed by atoms with Crippen LogP contribution in [0.5, 0.6) is 5.75 Å². The molecular formula is C27H27N3O3. The molecule has 2 aliphatic heterocycles. The summed E-state index contributed by atoms with van der Waals surface area (Å²) >= 11 is 0. The summed E-state index contributed by atoms with van der Waals surface area (Å²) in [6.07, 6.45) is 4.44. The Bertz CT molecular complexity index is 1120. The second-order valence-corrected chi connectivity index (χ2v) is 8.85. The van der Waals surface area contributed by atoms with Crippen LogP contribution in [-0.2, 0) is 11.4 Å². The van der Waals surface area contributed by atoms with Crippen molar-refractivity contribution in [2.45, 2.75) is 38.0 Å². The van der Waals surface area contributed by atoms with Crippen LogP contribution in [0.2, 0.25) is 0 Å². The van der Waals surface area contributed by atoms with Gasteiger partial charge in [0.25, 0.3) is 0 Å². The van der Waals surface area contributed by atoms with Crippen LogP contribution in [-0.4, -0.2) is 47.0 Å². The van der Waals surface area contributed by atoms with Crippen molar-refractivity contribution in [1.82, 2.24) is 10.2 Å². The highest BCUT2D eigenvalue weighted by atomic mass is 16.5. The van der Waals surface area contributed by atoms with Crippen LogP contribution in [0.15, 0.2) is 71.4 Å². The van der Waals surface area contributed by atoms with Crippen LogP contribution in [0.1, 0.15) is 30.4 Å². The minimum atomic E-state index is -0.665. The highest BCUT2D eigenvalue weighted by Gasteiger charge is 2.40. The molecule has 1 atom stereocenters. The molecule has 33 heavy (non-hydrogen) atoms. The summed E-state index contributed by atoms with van der Waals surface area (Å²) < 4.78 is 5.83. The normalized spacial score (nSPS) is 24.1. The van der Waals surface area contributed by atoms with Crippen molar-refractivity contribution in [3.63, 3.8) is 0 Å². The van der Waals surface area contributed by atoms with E-state index >= 15 is 0 Å². The number of likely N-dealkylation sites (tertiary alicyclic amines) is 1. The molecule has 1 saturated carbocycles. The molecule has 6 nitrogen and oxygen atoms in total. The first kappa shape index (κ1) is 21.3. The van der Waals surface area contributed by atoms with E-state index < -0.39 is 5.97 Å². The Balaban J connectivity index is 1.15. The van der Waals surface area contributed by atoms with Gasteiger partial charge >= 0.3 is 5.97 Å². The predicted molar refractivity (Wildman–Crippen MR) is 127 cm³/mol. The first-order valence-corrected chi connectivity index (χ1v) is 11.4. The summed E-state index contributed by atoms with van der Waals surface area (Å²) in [6, 6.07) is 18.5. The highest BCUT2D eigenvalue weighted by molar-refractivity contribution is 6.00. The number of hydrogen-bond donors (Lipinski definition) is 2. The lowest BCUT2D eigenvalue weighted by Gasteiger charge is -2.45. The fourth-order valence-corrected chi connectivity index (χ4v) is 4.52. The molecule has 168 valence electrons. The van der Waals surface area contributed by atoms with E-state index in [9.17, 15) is 4.79 Å². The average molecular weight is 442 g/mol. The van der Waals surface area contributed by atoms with Crippen LogP contribution in [0, 0.1) is 17.8 Å². The quantitative estimate of drug-likeness (QED) is 0.696. The second kappa shape index (κ2) is 9.51. The maximum absolute atomic E-state index is 11.1. The standard InChI is InChI=1S/C27H27N3O3/c31-27(32)21-14-23(15-21)30-13-12-25-22(17-30)16-28-26(29-25)11-8-19-6-9-24(10-7-19)33-18-20-4-2-1-3-5-20/h1-7,9-10,16,21,23,25H,12-15,17-18H2,(H,28,29)(H,31,32). The molecule has 0 spiro atoms.